The first-order valence-electron chi connectivity index (χ1n) is 10.5. The SMILES string of the molecule is BC(C)(c1ccc(F)cc1)N1CCN(c2c(F)c(=O)n(C)c3ccc(C#N)nc23)[C@@H](C)C1. The molecule has 0 bridgehead atoms. The normalized spacial score (nSPS) is 19.0. The highest BCUT2D eigenvalue weighted by Gasteiger charge is 2.36. The fourth-order valence-corrected chi connectivity index (χ4v) is 4.52. The molecule has 3 heterocycles. The summed E-state index contributed by atoms with van der Waals surface area (Å²) in [4.78, 5) is 21.0. The number of piperazine rings is 1. The molecule has 2 aromatic heterocycles. The molecular weight excluding hydrogens is 411 g/mol. The first-order chi connectivity index (χ1) is 15.1. The Morgan fingerprint density at radius 1 is 1.19 bits per heavy atom. The molecule has 0 radical (unpaired) electrons. The minimum absolute atomic E-state index is 0.124. The highest BCUT2D eigenvalue weighted by atomic mass is 19.1. The first kappa shape index (κ1) is 22.0. The molecule has 0 N–H and O–H groups in total. The molecule has 0 spiro atoms. The second-order valence-electron chi connectivity index (χ2n) is 8.76. The topological polar surface area (TPSA) is 65.2 Å². The van der Waals surface area contributed by atoms with E-state index in [0.29, 0.717) is 30.7 Å². The Morgan fingerprint density at radius 3 is 2.50 bits per heavy atom. The van der Waals surface area contributed by atoms with Crippen LogP contribution in [0.1, 0.15) is 25.1 Å². The van der Waals surface area contributed by atoms with E-state index in [2.05, 4.69) is 24.7 Å². The number of benzene rings is 1. The van der Waals surface area contributed by atoms with E-state index in [4.69, 9.17) is 0 Å². The third-order valence-corrected chi connectivity index (χ3v) is 6.53. The second-order valence-corrected chi connectivity index (χ2v) is 8.76. The van der Waals surface area contributed by atoms with E-state index >= 15 is 4.39 Å². The van der Waals surface area contributed by atoms with Gasteiger partial charge in [-0.25, -0.2) is 9.37 Å². The van der Waals surface area contributed by atoms with Crippen molar-refractivity contribution in [3.05, 3.63) is 69.6 Å². The summed E-state index contributed by atoms with van der Waals surface area (Å²) < 4.78 is 29.9. The number of fused-ring (bicyclic) bond motifs is 1. The Balaban J connectivity index is 1.72. The van der Waals surface area contributed by atoms with Crippen molar-refractivity contribution in [1.29, 1.82) is 5.26 Å². The fraction of sp³-hybridized carbons (Fsp3) is 0.348. The van der Waals surface area contributed by atoms with Gasteiger partial charge in [-0.1, -0.05) is 19.1 Å². The van der Waals surface area contributed by atoms with Crippen molar-refractivity contribution >= 4 is 24.6 Å². The van der Waals surface area contributed by atoms with Crippen LogP contribution in [0.3, 0.4) is 0 Å². The number of hydrogen-bond acceptors (Lipinski definition) is 5. The lowest BCUT2D eigenvalue weighted by atomic mass is 9.71. The Hall–Kier alpha value is -3.25. The van der Waals surface area contributed by atoms with Crippen molar-refractivity contribution in [3.63, 3.8) is 0 Å². The Labute approximate surface area is 186 Å². The van der Waals surface area contributed by atoms with E-state index in [1.54, 1.807) is 18.2 Å². The molecule has 1 saturated heterocycles. The van der Waals surface area contributed by atoms with Gasteiger partial charge in [0.2, 0.25) is 5.82 Å². The smallest absolute Gasteiger partial charge is 0.289 e. The van der Waals surface area contributed by atoms with Crippen molar-refractivity contribution < 1.29 is 8.78 Å². The zero-order valence-electron chi connectivity index (χ0n) is 18.6. The van der Waals surface area contributed by atoms with Gasteiger partial charge in [0.25, 0.3) is 5.56 Å². The van der Waals surface area contributed by atoms with Gasteiger partial charge in [0.15, 0.2) is 0 Å². The predicted octanol–water partition coefficient (Wildman–Crippen LogP) is 2.10. The fourth-order valence-electron chi connectivity index (χ4n) is 4.52. The van der Waals surface area contributed by atoms with Crippen molar-refractivity contribution in [2.75, 3.05) is 24.5 Å². The maximum atomic E-state index is 15.3. The van der Waals surface area contributed by atoms with Gasteiger partial charge >= 0.3 is 0 Å². The summed E-state index contributed by atoms with van der Waals surface area (Å²) in [5.41, 5.74) is 1.01. The minimum Gasteiger partial charge on any atom is -0.362 e. The molecule has 1 fully saturated rings. The van der Waals surface area contributed by atoms with Gasteiger partial charge in [0, 0.05) is 38.2 Å². The van der Waals surface area contributed by atoms with Gasteiger partial charge < -0.3 is 9.47 Å². The second kappa shape index (κ2) is 8.03. The van der Waals surface area contributed by atoms with Gasteiger partial charge in [0.05, 0.1) is 5.52 Å². The maximum absolute atomic E-state index is 15.3. The first-order valence-corrected chi connectivity index (χ1v) is 10.5. The molecular formula is C23H24BF2N5O. The summed E-state index contributed by atoms with van der Waals surface area (Å²) in [5.74, 6) is -1.14. The molecule has 9 heteroatoms. The molecule has 3 aromatic rings. The standard InChI is InChI=1S/C23H24BF2N5O/c1-14-13-30(23(2,24)15-4-6-16(25)7-5-15)10-11-31(14)21-19(26)22(32)29(3)18-9-8-17(12-27)28-20(18)21/h4-9,14H,10-11,13,24H2,1-3H3/t14-,23?/m0/s1. The highest BCUT2D eigenvalue weighted by molar-refractivity contribution is 6.15. The van der Waals surface area contributed by atoms with Crippen LogP contribution in [0, 0.1) is 23.0 Å². The molecule has 1 aliphatic heterocycles. The van der Waals surface area contributed by atoms with E-state index in [1.807, 2.05) is 17.9 Å². The lowest BCUT2D eigenvalue weighted by Crippen LogP contribution is -2.58. The van der Waals surface area contributed by atoms with Gasteiger partial charge in [-0.15, -0.1) is 0 Å². The molecule has 1 aliphatic rings. The lowest BCUT2D eigenvalue weighted by molar-refractivity contribution is 0.144. The molecule has 2 atom stereocenters. The number of hydrogen-bond donors (Lipinski definition) is 0. The molecule has 0 amide bonds. The van der Waals surface area contributed by atoms with Crippen molar-refractivity contribution in [2.24, 2.45) is 7.05 Å². The predicted molar refractivity (Wildman–Crippen MR) is 122 cm³/mol. The van der Waals surface area contributed by atoms with Crippen LogP contribution in [-0.2, 0) is 12.5 Å². The summed E-state index contributed by atoms with van der Waals surface area (Å²) in [6, 6.07) is 11.5. The van der Waals surface area contributed by atoms with Crippen LogP contribution in [0.2, 0.25) is 0 Å². The van der Waals surface area contributed by atoms with Crippen LogP contribution in [0.25, 0.3) is 11.0 Å². The van der Waals surface area contributed by atoms with E-state index < -0.39 is 11.4 Å². The quantitative estimate of drug-likeness (QED) is 0.590. The van der Waals surface area contributed by atoms with Crippen molar-refractivity contribution in [2.45, 2.75) is 25.3 Å². The Bertz CT molecular complexity index is 1280. The number of halogens is 2. The van der Waals surface area contributed by atoms with Crippen LogP contribution >= 0.6 is 0 Å². The van der Waals surface area contributed by atoms with Gasteiger partial charge in [-0.3, -0.25) is 9.69 Å². The van der Waals surface area contributed by atoms with Crippen LogP contribution in [0.15, 0.2) is 41.2 Å². The van der Waals surface area contributed by atoms with Crippen molar-refractivity contribution in [3.8, 4) is 6.07 Å². The summed E-state index contributed by atoms with van der Waals surface area (Å²) >= 11 is 0. The molecule has 164 valence electrons. The molecule has 1 aromatic carbocycles. The number of aryl methyl sites for hydroxylation is 1. The van der Waals surface area contributed by atoms with E-state index in [1.165, 1.54) is 29.8 Å². The monoisotopic (exact) mass is 435 g/mol. The number of nitrogens with zero attached hydrogens (tertiary/aromatic N) is 5. The highest BCUT2D eigenvalue weighted by Crippen LogP contribution is 2.33. The average Bonchev–Trinajstić information content (AvgIpc) is 2.78. The summed E-state index contributed by atoms with van der Waals surface area (Å²) in [6.07, 6.45) is 0. The van der Waals surface area contributed by atoms with Crippen LogP contribution in [-0.4, -0.2) is 48.0 Å². The third-order valence-electron chi connectivity index (χ3n) is 6.53. The van der Waals surface area contributed by atoms with Crippen LogP contribution < -0.4 is 10.5 Å². The molecule has 32 heavy (non-hydrogen) atoms. The number of rotatable bonds is 3. The van der Waals surface area contributed by atoms with Gasteiger partial charge in [-0.05, 0) is 36.8 Å². The maximum Gasteiger partial charge on any atom is 0.289 e. The van der Waals surface area contributed by atoms with Crippen LogP contribution in [0.4, 0.5) is 14.5 Å². The number of nitriles is 1. The van der Waals surface area contributed by atoms with E-state index in [0.717, 1.165) is 5.56 Å². The average molecular weight is 435 g/mol. The summed E-state index contributed by atoms with van der Waals surface area (Å²) in [7, 11) is 3.58. The third kappa shape index (κ3) is 3.54. The molecule has 0 saturated carbocycles. The van der Waals surface area contributed by atoms with Crippen molar-refractivity contribution in [1.82, 2.24) is 14.5 Å². The molecule has 1 unspecified atom stereocenters. The minimum atomic E-state index is -0.860. The largest absolute Gasteiger partial charge is 0.362 e. The van der Waals surface area contributed by atoms with E-state index in [9.17, 15) is 14.4 Å². The molecule has 6 nitrogen and oxygen atoms in total. The molecule has 4 rings (SSSR count). The Morgan fingerprint density at radius 2 is 1.88 bits per heavy atom. The number of anilines is 1. The lowest BCUT2D eigenvalue weighted by Gasteiger charge is -2.48. The van der Waals surface area contributed by atoms with E-state index in [-0.39, 0.29) is 28.7 Å². The molecule has 0 aliphatic carbocycles. The zero-order valence-corrected chi connectivity index (χ0v) is 18.6. The number of aromatic nitrogens is 2. The Kier molecular flexibility index (Phi) is 5.51. The van der Waals surface area contributed by atoms with Gasteiger partial charge in [0.1, 0.15) is 36.6 Å². The number of pyridine rings is 2. The van der Waals surface area contributed by atoms with Gasteiger partial charge in [-0.2, -0.15) is 9.65 Å². The zero-order chi connectivity index (χ0) is 23.2. The van der Waals surface area contributed by atoms with Crippen LogP contribution in [0.5, 0.6) is 0 Å². The summed E-state index contributed by atoms with van der Waals surface area (Å²) in [5, 5.41) is 9.27. The summed E-state index contributed by atoms with van der Waals surface area (Å²) in [6.45, 7) is 5.76.